The van der Waals surface area contributed by atoms with E-state index in [-0.39, 0.29) is 0 Å². The lowest BCUT2D eigenvalue weighted by Crippen LogP contribution is -2.32. The number of hydrogen-bond acceptors (Lipinski definition) is 0. The van der Waals surface area contributed by atoms with Crippen molar-refractivity contribution in [3.8, 4) is 0 Å². The van der Waals surface area contributed by atoms with Gasteiger partial charge in [-0.3, -0.25) is 0 Å². The van der Waals surface area contributed by atoms with Crippen LogP contribution in [-0.4, -0.2) is 0 Å². The van der Waals surface area contributed by atoms with Gasteiger partial charge >= 0.3 is 0 Å². The van der Waals surface area contributed by atoms with E-state index in [1.807, 2.05) is 0 Å². The minimum atomic E-state index is 1.29. The van der Waals surface area contributed by atoms with E-state index >= 15 is 0 Å². The highest BCUT2D eigenvalue weighted by Gasteiger charge is 2.07. The highest BCUT2D eigenvalue weighted by atomic mass is 14.9. The molecule has 0 amide bonds. The van der Waals surface area contributed by atoms with E-state index in [1.165, 1.54) is 115 Å². The van der Waals surface area contributed by atoms with Crippen molar-refractivity contribution in [2.75, 3.05) is 0 Å². The molecule has 3 nitrogen and oxygen atoms in total. The molecule has 72 heavy (non-hydrogen) atoms. The number of pyridine rings is 3. The Balaban J connectivity index is 0.000000127. The summed E-state index contributed by atoms with van der Waals surface area (Å²) in [6.45, 7) is 19.4. The molecular weight excluding hydrogens is 871 g/mol. The summed E-state index contributed by atoms with van der Waals surface area (Å²) in [6.07, 6.45) is 4.25. The van der Waals surface area contributed by atoms with Gasteiger partial charge in [0.2, 0.25) is 5.52 Å². The van der Waals surface area contributed by atoms with E-state index in [0.717, 1.165) is 0 Å². The Bertz CT molecular complexity index is 3270. The fourth-order valence-corrected chi connectivity index (χ4v) is 8.85. The van der Waals surface area contributed by atoms with E-state index in [2.05, 4.69) is 316 Å². The monoisotopic (exact) mass is 943 g/mol. The molecule has 0 radical (unpaired) electrons. The lowest BCUT2D eigenvalue weighted by molar-refractivity contribution is -0.676. The Hall–Kier alpha value is -8.01. The van der Waals surface area contributed by atoms with Gasteiger partial charge in [-0.2, -0.15) is 4.57 Å². The van der Waals surface area contributed by atoms with Gasteiger partial charge in [0.1, 0.15) is 21.1 Å². The molecule has 0 bridgehead atoms. The van der Waals surface area contributed by atoms with Gasteiger partial charge in [0.25, 0.3) is 0 Å². The molecule has 0 saturated heterocycles. The fraction of sp³-hybridized carbons (Fsp3) is 0.174. The zero-order valence-corrected chi connectivity index (χ0v) is 44.6. The first kappa shape index (κ1) is 51.8. The summed E-state index contributed by atoms with van der Waals surface area (Å²) in [5.41, 5.74) is 13.4. The maximum atomic E-state index is 2.24. The smallest absolute Gasteiger partial charge is 0.205 e. The number of para-hydroxylation sites is 1. The molecular formula is C69H72N3+3. The maximum absolute atomic E-state index is 2.24. The SMILES string of the molecule is Cc1c2ccccc2cc[n+]1C.Cc1cc2ccccc2c[n+]1C.Cc1cc2ccccc2cc1C.Cc1ccc2ccccc2[n+]1C.Cc1ccc2ccccc2c1C.Cc1ccc2ccccc2c1C. The van der Waals surface area contributed by atoms with Crippen LogP contribution >= 0.6 is 0 Å². The van der Waals surface area contributed by atoms with Crippen LogP contribution in [0.4, 0.5) is 0 Å². The molecule has 0 spiro atoms. The van der Waals surface area contributed by atoms with Crippen LogP contribution < -0.4 is 13.7 Å². The largest absolute Gasteiger partial charge is 0.212 e. The van der Waals surface area contributed by atoms with Crippen LogP contribution in [0, 0.1) is 62.3 Å². The standard InChI is InChI=1S/3C12H12.3C11H12N/c1-9-7-11-5-3-4-6-12(11)8-10(9)2;2*1-9-7-8-11-5-3-4-6-12(11)10(9)2;1-9-7-10-5-3-4-6-11(10)8-12(9)2;1-9-11-6-4-3-5-10(11)7-8-12(9)2;1-9-7-8-10-5-3-4-6-11(10)12(9)2/h6*3-8H,1-2H3/q;;;3*+1. The molecule has 0 atom stereocenters. The predicted octanol–water partition coefficient (Wildman–Crippen LogP) is 16.3. The molecule has 3 heteroatoms. The second-order valence-corrected chi connectivity index (χ2v) is 19.1. The van der Waals surface area contributed by atoms with E-state index in [4.69, 9.17) is 0 Å². The molecule has 3 aromatic heterocycles. The summed E-state index contributed by atoms with van der Waals surface area (Å²) in [7, 11) is 6.24. The van der Waals surface area contributed by atoms with Crippen LogP contribution in [0.5, 0.6) is 0 Å². The van der Waals surface area contributed by atoms with Gasteiger partial charge in [0.05, 0.1) is 0 Å². The highest BCUT2D eigenvalue weighted by Crippen LogP contribution is 2.23. The van der Waals surface area contributed by atoms with Gasteiger partial charge in [-0.1, -0.05) is 158 Å². The molecule has 0 aliphatic heterocycles. The number of aromatic nitrogens is 3. The molecule has 0 aliphatic rings. The maximum Gasteiger partial charge on any atom is 0.212 e. The van der Waals surface area contributed by atoms with Gasteiger partial charge in [-0.15, -0.1) is 0 Å². The van der Waals surface area contributed by atoms with Crippen LogP contribution in [0.2, 0.25) is 0 Å². The Kier molecular flexibility index (Phi) is 17.4. The fourth-order valence-electron chi connectivity index (χ4n) is 8.85. The zero-order valence-electron chi connectivity index (χ0n) is 44.6. The zero-order chi connectivity index (χ0) is 51.3. The molecule has 12 rings (SSSR count). The summed E-state index contributed by atoms with van der Waals surface area (Å²) in [5, 5.41) is 14.6. The average Bonchev–Trinajstić information content (AvgIpc) is 3.40. The number of aryl methyl sites for hydroxylation is 12. The molecule has 360 valence electrons. The quantitative estimate of drug-likeness (QED) is 0.134. The summed E-state index contributed by atoms with van der Waals surface area (Å²) < 4.78 is 6.49. The Morgan fingerprint density at radius 2 is 0.667 bits per heavy atom. The Labute approximate surface area is 429 Å². The van der Waals surface area contributed by atoms with Crippen LogP contribution in [0.1, 0.15) is 50.5 Å². The normalized spacial score (nSPS) is 10.5. The number of hydrogen-bond donors (Lipinski definition) is 0. The topological polar surface area (TPSA) is 11.6 Å². The minimum absolute atomic E-state index is 1.29. The molecule has 12 aromatic rings. The second kappa shape index (κ2) is 24.2. The van der Waals surface area contributed by atoms with Crippen molar-refractivity contribution in [1.82, 2.24) is 0 Å². The van der Waals surface area contributed by atoms with Crippen molar-refractivity contribution in [3.63, 3.8) is 0 Å². The number of fused-ring (bicyclic) bond motifs is 6. The summed E-state index contributed by atoms with van der Waals surface area (Å²) in [6, 6.07) is 72.6. The number of nitrogens with zero attached hydrogens (tertiary/aromatic N) is 3. The first-order valence-corrected chi connectivity index (χ1v) is 25.1. The minimum Gasteiger partial charge on any atom is -0.205 e. The van der Waals surface area contributed by atoms with Crippen LogP contribution in [0.25, 0.3) is 64.8 Å². The van der Waals surface area contributed by atoms with Gasteiger partial charge in [-0.25, -0.2) is 9.13 Å². The average molecular weight is 943 g/mol. The first-order valence-electron chi connectivity index (χ1n) is 25.1. The van der Waals surface area contributed by atoms with Gasteiger partial charge in [-0.05, 0) is 142 Å². The van der Waals surface area contributed by atoms with Crippen molar-refractivity contribution in [1.29, 1.82) is 0 Å². The molecule has 3 heterocycles. The van der Waals surface area contributed by atoms with Gasteiger partial charge < -0.3 is 0 Å². The van der Waals surface area contributed by atoms with Gasteiger partial charge in [0.15, 0.2) is 29.5 Å². The summed E-state index contributed by atoms with van der Waals surface area (Å²) in [5.74, 6) is 0. The third kappa shape index (κ3) is 12.8. The molecule has 0 N–H and O–H groups in total. The summed E-state index contributed by atoms with van der Waals surface area (Å²) in [4.78, 5) is 0. The van der Waals surface area contributed by atoms with E-state index < -0.39 is 0 Å². The van der Waals surface area contributed by atoms with Gasteiger partial charge in [0, 0.05) is 61.2 Å². The lowest BCUT2D eigenvalue weighted by Gasteiger charge is -2.04. The highest BCUT2D eigenvalue weighted by molar-refractivity contribution is 5.88. The first-order chi connectivity index (χ1) is 34.7. The number of benzene rings is 9. The Morgan fingerprint density at radius 3 is 1.18 bits per heavy atom. The second-order valence-electron chi connectivity index (χ2n) is 19.1. The number of rotatable bonds is 0. The third-order valence-corrected chi connectivity index (χ3v) is 14.2. The molecule has 0 unspecified atom stereocenters. The lowest BCUT2D eigenvalue weighted by atomic mass is 10.0. The van der Waals surface area contributed by atoms with Crippen molar-refractivity contribution in [2.24, 2.45) is 21.1 Å². The van der Waals surface area contributed by atoms with Crippen molar-refractivity contribution in [2.45, 2.75) is 62.3 Å². The third-order valence-electron chi connectivity index (χ3n) is 14.2. The predicted molar refractivity (Wildman–Crippen MR) is 310 cm³/mol. The van der Waals surface area contributed by atoms with E-state index in [9.17, 15) is 0 Å². The van der Waals surface area contributed by atoms with Crippen molar-refractivity contribution in [3.05, 3.63) is 269 Å². The van der Waals surface area contributed by atoms with Crippen LogP contribution in [0.15, 0.2) is 219 Å². The summed E-state index contributed by atoms with van der Waals surface area (Å²) >= 11 is 0. The van der Waals surface area contributed by atoms with E-state index in [1.54, 1.807) is 0 Å². The van der Waals surface area contributed by atoms with Crippen molar-refractivity contribution >= 4 is 64.8 Å². The molecule has 9 aromatic carbocycles. The van der Waals surface area contributed by atoms with Crippen molar-refractivity contribution < 1.29 is 13.7 Å². The Morgan fingerprint density at radius 1 is 0.278 bits per heavy atom. The van der Waals surface area contributed by atoms with E-state index in [0.29, 0.717) is 0 Å². The van der Waals surface area contributed by atoms with Crippen LogP contribution in [0.3, 0.4) is 0 Å². The molecule has 0 fully saturated rings. The molecule has 0 saturated carbocycles. The molecule has 0 aliphatic carbocycles. The van der Waals surface area contributed by atoms with Crippen LogP contribution in [-0.2, 0) is 21.1 Å².